The minimum absolute atomic E-state index is 0.0456. The molecule has 0 aliphatic rings. The number of hydrogen-bond donors (Lipinski definition) is 1. The van der Waals surface area contributed by atoms with Crippen molar-refractivity contribution in [3.05, 3.63) is 77.6 Å². The van der Waals surface area contributed by atoms with Crippen LogP contribution < -0.4 is 10.1 Å². The van der Waals surface area contributed by atoms with E-state index in [0.717, 1.165) is 5.56 Å². The van der Waals surface area contributed by atoms with Crippen LogP contribution in [0.1, 0.15) is 17.0 Å². The summed E-state index contributed by atoms with van der Waals surface area (Å²) in [6.07, 6.45) is 0. The van der Waals surface area contributed by atoms with Gasteiger partial charge in [-0.2, -0.15) is 9.97 Å². The molecule has 3 rings (SSSR count). The van der Waals surface area contributed by atoms with Crippen LogP contribution in [-0.4, -0.2) is 22.5 Å². The van der Waals surface area contributed by atoms with E-state index in [-0.39, 0.29) is 18.5 Å². The molecule has 6 nitrogen and oxygen atoms in total. The molecular formula is C21H21N3O3. The van der Waals surface area contributed by atoms with Gasteiger partial charge >= 0.3 is 6.01 Å². The highest BCUT2D eigenvalue weighted by Gasteiger charge is 2.13. The molecule has 1 heterocycles. The average molecular weight is 363 g/mol. The number of aromatic nitrogens is 2. The highest BCUT2D eigenvalue weighted by atomic mass is 16.5. The summed E-state index contributed by atoms with van der Waals surface area (Å²) in [5.41, 5.74) is 2.85. The molecule has 0 aliphatic heterocycles. The number of ether oxygens (including phenoxy) is 2. The topological polar surface area (TPSA) is 73.3 Å². The fourth-order valence-electron chi connectivity index (χ4n) is 2.52. The number of anilines is 1. The Balaban J connectivity index is 1.58. The molecule has 0 unspecified atom stereocenters. The molecular weight excluding hydrogens is 342 g/mol. The van der Waals surface area contributed by atoms with E-state index < -0.39 is 0 Å². The lowest BCUT2D eigenvalue weighted by Gasteiger charge is -2.12. The van der Waals surface area contributed by atoms with E-state index in [4.69, 9.17) is 9.47 Å². The maximum atomic E-state index is 12.2. The minimum atomic E-state index is -0.252. The van der Waals surface area contributed by atoms with Gasteiger partial charge < -0.3 is 14.8 Å². The van der Waals surface area contributed by atoms with E-state index >= 15 is 0 Å². The van der Waals surface area contributed by atoms with Crippen molar-refractivity contribution >= 4 is 11.6 Å². The number of rotatable bonds is 7. The van der Waals surface area contributed by atoms with E-state index in [1.807, 2.05) is 60.7 Å². The van der Waals surface area contributed by atoms with Gasteiger partial charge in [0.25, 0.3) is 0 Å². The van der Waals surface area contributed by atoms with Gasteiger partial charge in [-0.15, -0.1) is 0 Å². The zero-order chi connectivity index (χ0) is 19.1. The minimum Gasteiger partial charge on any atom is -0.424 e. The third-order valence-corrected chi connectivity index (χ3v) is 3.81. The molecule has 0 saturated heterocycles. The highest BCUT2D eigenvalue weighted by molar-refractivity contribution is 5.92. The number of nitrogens with one attached hydrogen (secondary N) is 1. The summed E-state index contributed by atoms with van der Waals surface area (Å²) in [6.45, 7) is 3.93. The van der Waals surface area contributed by atoms with E-state index in [9.17, 15) is 4.79 Å². The third-order valence-electron chi connectivity index (χ3n) is 3.81. The molecule has 0 radical (unpaired) electrons. The number of hydrogen-bond acceptors (Lipinski definition) is 5. The zero-order valence-electron chi connectivity index (χ0n) is 15.3. The highest BCUT2D eigenvalue weighted by Crippen LogP contribution is 2.23. The average Bonchev–Trinajstić information content (AvgIpc) is 2.66. The predicted octanol–water partition coefficient (Wildman–Crippen LogP) is 4.04. The lowest BCUT2D eigenvalue weighted by molar-refractivity contribution is -0.121. The summed E-state index contributed by atoms with van der Waals surface area (Å²) in [5, 5.41) is 2.81. The van der Waals surface area contributed by atoms with Gasteiger partial charge in [-0.05, 0) is 31.5 Å². The smallest absolute Gasteiger partial charge is 0.322 e. The van der Waals surface area contributed by atoms with Crippen LogP contribution in [0.3, 0.4) is 0 Å². The van der Waals surface area contributed by atoms with Crippen molar-refractivity contribution in [1.29, 1.82) is 0 Å². The quantitative estimate of drug-likeness (QED) is 0.686. The summed E-state index contributed by atoms with van der Waals surface area (Å²) in [6, 6.07) is 19.3. The second-order valence-corrected chi connectivity index (χ2v) is 5.99. The Morgan fingerprint density at radius 2 is 1.52 bits per heavy atom. The van der Waals surface area contributed by atoms with Crippen LogP contribution >= 0.6 is 0 Å². The molecule has 138 valence electrons. The van der Waals surface area contributed by atoms with Crippen LogP contribution in [-0.2, 0) is 16.1 Å². The standard InChI is InChI=1S/C21H21N3O3/c1-15-20(24-19(25)14-26-13-17-9-5-3-6-10-17)16(2)23-21(22-15)27-18-11-7-4-8-12-18/h3-12H,13-14H2,1-2H3,(H,24,25). The maximum Gasteiger partial charge on any atom is 0.322 e. The molecule has 0 atom stereocenters. The van der Waals surface area contributed by atoms with Gasteiger partial charge in [0.15, 0.2) is 0 Å². The van der Waals surface area contributed by atoms with Crippen LogP contribution in [0, 0.1) is 13.8 Å². The number of carbonyl (C=O) groups is 1. The van der Waals surface area contributed by atoms with E-state index in [0.29, 0.717) is 29.4 Å². The number of amides is 1. The molecule has 2 aromatic carbocycles. The van der Waals surface area contributed by atoms with Gasteiger partial charge in [0.05, 0.1) is 23.7 Å². The second kappa shape index (κ2) is 8.91. The SMILES string of the molecule is Cc1nc(Oc2ccccc2)nc(C)c1NC(=O)COCc1ccccc1. The normalized spacial score (nSPS) is 10.4. The monoisotopic (exact) mass is 363 g/mol. The van der Waals surface area contributed by atoms with E-state index in [2.05, 4.69) is 15.3 Å². The van der Waals surface area contributed by atoms with E-state index in [1.165, 1.54) is 0 Å². The van der Waals surface area contributed by atoms with Gasteiger partial charge in [0, 0.05) is 0 Å². The van der Waals surface area contributed by atoms with Gasteiger partial charge in [-0.3, -0.25) is 4.79 Å². The Morgan fingerprint density at radius 3 is 2.15 bits per heavy atom. The summed E-state index contributed by atoms with van der Waals surface area (Å²) >= 11 is 0. The lowest BCUT2D eigenvalue weighted by atomic mass is 10.2. The van der Waals surface area contributed by atoms with Gasteiger partial charge in [0.2, 0.25) is 5.91 Å². The Bertz CT molecular complexity index is 876. The van der Waals surface area contributed by atoms with Gasteiger partial charge in [-0.25, -0.2) is 0 Å². The summed E-state index contributed by atoms with van der Waals surface area (Å²) in [5.74, 6) is 0.403. The van der Waals surface area contributed by atoms with Crippen molar-refractivity contribution in [2.75, 3.05) is 11.9 Å². The fraction of sp³-hybridized carbons (Fsp3) is 0.190. The third kappa shape index (κ3) is 5.36. The molecule has 1 N–H and O–H groups in total. The Labute approximate surface area is 158 Å². The molecule has 0 spiro atoms. The zero-order valence-corrected chi connectivity index (χ0v) is 15.3. The van der Waals surface area contributed by atoms with Gasteiger partial charge in [-0.1, -0.05) is 48.5 Å². The molecule has 27 heavy (non-hydrogen) atoms. The molecule has 0 fully saturated rings. The Morgan fingerprint density at radius 1 is 0.926 bits per heavy atom. The molecule has 3 aromatic rings. The molecule has 0 saturated carbocycles. The maximum absolute atomic E-state index is 12.2. The summed E-state index contributed by atoms with van der Waals surface area (Å²) in [7, 11) is 0. The number of nitrogens with zero attached hydrogens (tertiary/aromatic N) is 2. The van der Waals surface area contributed by atoms with Crippen molar-refractivity contribution < 1.29 is 14.3 Å². The molecule has 0 aliphatic carbocycles. The van der Waals surface area contributed by atoms with Crippen LogP contribution in [0.2, 0.25) is 0 Å². The van der Waals surface area contributed by atoms with E-state index in [1.54, 1.807) is 13.8 Å². The first-order valence-corrected chi connectivity index (χ1v) is 8.61. The summed E-state index contributed by atoms with van der Waals surface area (Å²) < 4.78 is 11.1. The Kier molecular flexibility index (Phi) is 6.12. The number of benzene rings is 2. The van der Waals surface area contributed by atoms with Crippen LogP contribution in [0.25, 0.3) is 0 Å². The van der Waals surface area contributed by atoms with Gasteiger partial charge in [0.1, 0.15) is 12.4 Å². The Hall–Kier alpha value is -3.25. The van der Waals surface area contributed by atoms with Crippen LogP contribution in [0.15, 0.2) is 60.7 Å². The first kappa shape index (κ1) is 18.5. The number of para-hydroxylation sites is 1. The molecule has 1 amide bonds. The molecule has 6 heteroatoms. The second-order valence-electron chi connectivity index (χ2n) is 5.99. The first-order valence-electron chi connectivity index (χ1n) is 8.61. The van der Waals surface area contributed by atoms with Crippen LogP contribution in [0.5, 0.6) is 11.8 Å². The molecule has 1 aromatic heterocycles. The number of aryl methyl sites for hydroxylation is 2. The van der Waals surface area contributed by atoms with Crippen molar-refractivity contribution in [2.24, 2.45) is 0 Å². The van der Waals surface area contributed by atoms with Crippen molar-refractivity contribution in [3.8, 4) is 11.8 Å². The first-order chi connectivity index (χ1) is 13.1. The lowest BCUT2D eigenvalue weighted by Crippen LogP contribution is -2.20. The fourth-order valence-corrected chi connectivity index (χ4v) is 2.52. The number of carbonyl (C=O) groups excluding carboxylic acids is 1. The van der Waals surface area contributed by atoms with Crippen molar-refractivity contribution in [3.63, 3.8) is 0 Å². The largest absolute Gasteiger partial charge is 0.424 e. The summed E-state index contributed by atoms with van der Waals surface area (Å²) in [4.78, 5) is 20.8. The van der Waals surface area contributed by atoms with Crippen molar-refractivity contribution in [2.45, 2.75) is 20.5 Å². The van der Waals surface area contributed by atoms with Crippen molar-refractivity contribution in [1.82, 2.24) is 9.97 Å². The predicted molar refractivity (Wildman–Crippen MR) is 103 cm³/mol. The molecule has 0 bridgehead atoms. The van der Waals surface area contributed by atoms with Crippen LogP contribution in [0.4, 0.5) is 5.69 Å².